The van der Waals surface area contributed by atoms with Crippen molar-refractivity contribution in [3.05, 3.63) is 59.2 Å². The minimum absolute atomic E-state index is 0.0728. The van der Waals surface area contributed by atoms with Gasteiger partial charge in [0.2, 0.25) is 0 Å². The molecule has 1 aliphatic heterocycles. The standard InChI is InChI=1S/C20H24N2O3/c1-14(22-10-9-15-5-3-4-6-16(15)13-22)12-21-20(24)18-8-7-17(25-2)11-19(18)23/h3-8,11,14,23H,9-10,12-13H2,1-2H3,(H,21,24)/t14-/m0/s1. The van der Waals surface area contributed by atoms with E-state index >= 15 is 0 Å². The Morgan fingerprint density at radius 3 is 2.76 bits per heavy atom. The number of methoxy groups -OCH3 is 1. The molecule has 2 aromatic rings. The Labute approximate surface area is 148 Å². The van der Waals surface area contributed by atoms with Gasteiger partial charge in [0.25, 0.3) is 5.91 Å². The van der Waals surface area contributed by atoms with Gasteiger partial charge in [-0.05, 0) is 36.6 Å². The van der Waals surface area contributed by atoms with Crippen LogP contribution < -0.4 is 10.1 Å². The summed E-state index contributed by atoms with van der Waals surface area (Å²) >= 11 is 0. The number of carbonyl (C=O) groups is 1. The molecule has 5 heteroatoms. The summed E-state index contributed by atoms with van der Waals surface area (Å²) in [6, 6.07) is 13.4. The fourth-order valence-corrected chi connectivity index (χ4v) is 3.19. The first kappa shape index (κ1) is 17.3. The predicted octanol–water partition coefficient (Wildman–Crippen LogP) is 2.58. The van der Waals surface area contributed by atoms with Crippen molar-refractivity contribution >= 4 is 5.91 Å². The first-order chi connectivity index (χ1) is 12.1. The van der Waals surface area contributed by atoms with E-state index in [1.54, 1.807) is 12.1 Å². The first-order valence-electron chi connectivity index (χ1n) is 8.54. The average Bonchev–Trinajstić information content (AvgIpc) is 2.65. The molecule has 1 atom stereocenters. The van der Waals surface area contributed by atoms with Crippen LogP contribution in [0.2, 0.25) is 0 Å². The van der Waals surface area contributed by atoms with Gasteiger partial charge in [0.05, 0.1) is 12.7 Å². The molecular formula is C20H24N2O3. The van der Waals surface area contributed by atoms with E-state index in [0.717, 1.165) is 19.5 Å². The summed E-state index contributed by atoms with van der Waals surface area (Å²) in [5, 5.41) is 12.9. The second-order valence-corrected chi connectivity index (χ2v) is 6.43. The molecule has 0 unspecified atom stereocenters. The second-order valence-electron chi connectivity index (χ2n) is 6.43. The summed E-state index contributed by atoms with van der Waals surface area (Å²) in [7, 11) is 1.52. The summed E-state index contributed by atoms with van der Waals surface area (Å²) in [4.78, 5) is 14.7. The maximum Gasteiger partial charge on any atom is 0.255 e. The summed E-state index contributed by atoms with van der Waals surface area (Å²) in [6.45, 7) is 4.54. The van der Waals surface area contributed by atoms with Crippen LogP contribution in [0.4, 0.5) is 0 Å². The number of rotatable bonds is 5. The topological polar surface area (TPSA) is 61.8 Å². The van der Waals surface area contributed by atoms with Crippen molar-refractivity contribution in [1.82, 2.24) is 10.2 Å². The van der Waals surface area contributed by atoms with Gasteiger partial charge in [0.15, 0.2) is 0 Å². The van der Waals surface area contributed by atoms with E-state index in [0.29, 0.717) is 12.3 Å². The van der Waals surface area contributed by atoms with Gasteiger partial charge in [0.1, 0.15) is 11.5 Å². The Morgan fingerprint density at radius 2 is 2.04 bits per heavy atom. The number of carbonyl (C=O) groups excluding carboxylic acids is 1. The van der Waals surface area contributed by atoms with Gasteiger partial charge >= 0.3 is 0 Å². The van der Waals surface area contributed by atoms with Crippen molar-refractivity contribution in [3.63, 3.8) is 0 Å². The molecule has 0 aliphatic carbocycles. The lowest BCUT2D eigenvalue weighted by molar-refractivity contribution is 0.0930. The third-order valence-corrected chi connectivity index (χ3v) is 4.79. The van der Waals surface area contributed by atoms with Gasteiger partial charge < -0.3 is 15.2 Å². The number of benzene rings is 2. The Balaban J connectivity index is 1.57. The number of hydrogen-bond acceptors (Lipinski definition) is 4. The van der Waals surface area contributed by atoms with Crippen LogP contribution in [0.3, 0.4) is 0 Å². The number of ether oxygens (including phenoxy) is 1. The minimum atomic E-state index is -0.274. The maximum absolute atomic E-state index is 12.3. The van der Waals surface area contributed by atoms with Crippen molar-refractivity contribution in [2.75, 3.05) is 20.2 Å². The highest BCUT2D eigenvalue weighted by Crippen LogP contribution is 2.23. The van der Waals surface area contributed by atoms with Crippen LogP contribution in [0.15, 0.2) is 42.5 Å². The van der Waals surface area contributed by atoms with Crippen LogP contribution in [0.1, 0.15) is 28.4 Å². The molecular weight excluding hydrogens is 316 g/mol. The lowest BCUT2D eigenvalue weighted by atomic mass is 9.99. The summed E-state index contributed by atoms with van der Waals surface area (Å²) in [6.07, 6.45) is 1.04. The maximum atomic E-state index is 12.3. The molecule has 1 amide bonds. The van der Waals surface area contributed by atoms with E-state index in [-0.39, 0.29) is 23.3 Å². The molecule has 5 nitrogen and oxygen atoms in total. The van der Waals surface area contributed by atoms with E-state index < -0.39 is 0 Å². The largest absolute Gasteiger partial charge is 0.507 e. The molecule has 1 heterocycles. The number of amides is 1. The number of hydrogen-bond donors (Lipinski definition) is 2. The van der Waals surface area contributed by atoms with Crippen LogP contribution in [0, 0.1) is 0 Å². The normalized spacial score (nSPS) is 15.3. The zero-order valence-electron chi connectivity index (χ0n) is 14.7. The molecule has 0 fully saturated rings. The van der Waals surface area contributed by atoms with E-state index in [4.69, 9.17) is 4.74 Å². The van der Waals surface area contributed by atoms with Gasteiger partial charge in [-0.1, -0.05) is 24.3 Å². The zero-order chi connectivity index (χ0) is 17.8. The molecule has 0 saturated carbocycles. The molecule has 0 spiro atoms. The van der Waals surface area contributed by atoms with Crippen molar-refractivity contribution < 1.29 is 14.6 Å². The van der Waals surface area contributed by atoms with Crippen molar-refractivity contribution in [1.29, 1.82) is 0 Å². The second kappa shape index (κ2) is 7.57. The van der Waals surface area contributed by atoms with Crippen LogP contribution in [0.5, 0.6) is 11.5 Å². The molecule has 132 valence electrons. The Morgan fingerprint density at radius 1 is 1.28 bits per heavy atom. The lowest BCUT2D eigenvalue weighted by Crippen LogP contribution is -2.44. The third-order valence-electron chi connectivity index (χ3n) is 4.79. The molecule has 0 bridgehead atoms. The van der Waals surface area contributed by atoms with E-state index in [9.17, 15) is 9.90 Å². The summed E-state index contributed by atoms with van der Waals surface area (Å²) < 4.78 is 5.04. The smallest absolute Gasteiger partial charge is 0.255 e. The quantitative estimate of drug-likeness (QED) is 0.878. The van der Waals surface area contributed by atoms with Crippen LogP contribution >= 0.6 is 0 Å². The molecule has 0 saturated heterocycles. The summed E-state index contributed by atoms with van der Waals surface area (Å²) in [5.74, 6) is 0.176. The Hall–Kier alpha value is -2.53. The number of phenols is 1. The number of phenolic OH excluding ortho intramolecular Hbond substituents is 1. The highest BCUT2D eigenvalue weighted by atomic mass is 16.5. The van der Waals surface area contributed by atoms with Gasteiger partial charge in [-0.2, -0.15) is 0 Å². The molecule has 0 aromatic heterocycles. The first-order valence-corrected chi connectivity index (χ1v) is 8.54. The minimum Gasteiger partial charge on any atom is -0.507 e. The molecule has 0 radical (unpaired) electrons. The predicted molar refractivity (Wildman–Crippen MR) is 97.0 cm³/mol. The van der Waals surface area contributed by atoms with Gasteiger partial charge in [-0.25, -0.2) is 0 Å². The molecule has 3 rings (SSSR count). The highest BCUT2D eigenvalue weighted by molar-refractivity contribution is 5.97. The van der Waals surface area contributed by atoms with Crippen molar-refractivity contribution in [3.8, 4) is 11.5 Å². The molecule has 2 aromatic carbocycles. The fourth-order valence-electron chi connectivity index (χ4n) is 3.19. The lowest BCUT2D eigenvalue weighted by Gasteiger charge is -2.33. The monoisotopic (exact) mass is 340 g/mol. The SMILES string of the molecule is COc1ccc(C(=O)NC[C@H](C)N2CCc3ccccc3C2)c(O)c1. The molecule has 2 N–H and O–H groups in total. The van der Waals surface area contributed by atoms with Crippen molar-refractivity contribution in [2.24, 2.45) is 0 Å². The van der Waals surface area contributed by atoms with Crippen LogP contribution in [0.25, 0.3) is 0 Å². The Kier molecular flexibility index (Phi) is 5.24. The van der Waals surface area contributed by atoms with Gasteiger partial charge in [-0.15, -0.1) is 0 Å². The number of nitrogens with zero attached hydrogens (tertiary/aromatic N) is 1. The number of fused-ring (bicyclic) bond motifs is 1. The average molecular weight is 340 g/mol. The third kappa shape index (κ3) is 3.94. The van der Waals surface area contributed by atoms with E-state index in [1.165, 1.54) is 24.3 Å². The van der Waals surface area contributed by atoms with Gasteiger partial charge in [0, 0.05) is 31.7 Å². The van der Waals surface area contributed by atoms with Crippen LogP contribution in [-0.4, -0.2) is 42.2 Å². The van der Waals surface area contributed by atoms with E-state index in [1.807, 2.05) is 0 Å². The highest BCUT2D eigenvalue weighted by Gasteiger charge is 2.21. The number of aromatic hydroxyl groups is 1. The number of nitrogens with one attached hydrogen (secondary N) is 1. The summed E-state index contributed by atoms with van der Waals surface area (Å²) in [5.41, 5.74) is 3.04. The van der Waals surface area contributed by atoms with E-state index in [2.05, 4.69) is 41.4 Å². The van der Waals surface area contributed by atoms with Crippen molar-refractivity contribution in [2.45, 2.75) is 25.9 Å². The molecule has 25 heavy (non-hydrogen) atoms. The molecule has 1 aliphatic rings. The van der Waals surface area contributed by atoms with Gasteiger partial charge in [-0.3, -0.25) is 9.69 Å². The fraction of sp³-hybridized carbons (Fsp3) is 0.350. The Bertz CT molecular complexity index is 760. The zero-order valence-corrected chi connectivity index (χ0v) is 14.7. The van der Waals surface area contributed by atoms with Crippen LogP contribution in [-0.2, 0) is 13.0 Å².